The average Bonchev–Trinajstić information content (AvgIpc) is 3.14. The first-order chi connectivity index (χ1) is 15.4. The monoisotopic (exact) mass is 447 g/mol. The van der Waals surface area contributed by atoms with Crippen molar-refractivity contribution in [2.75, 3.05) is 22.2 Å². The Balaban J connectivity index is 1.61. The standard InChI is InChI=1S/C22H21N7O2S/c1-4-20(30)25-14-6-5-7-15(10-14)26-21-19(32(3)31)12-23-22(28-21)27-16-8-9-18-17(11-16)24-13-29(18)2/h4-13H,1H2,2-3H3,(H,25,30)(H2,23,26,27,28). The van der Waals surface area contributed by atoms with Gasteiger partial charge >= 0.3 is 0 Å². The first kappa shape index (κ1) is 21.2. The van der Waals surface area contributed by atoms with E-state index in [1.807, 2.05) is 35.9 Å². The van der Waals surface area contributed by atoms with Crippen LogP contribution in [-0.4, -0.2) is 35.9 Å². The highest BCUT2D eigenvalue weighted by Crippen LogP contribution is 2.26. The highest BCUT2D eigenvalue weighted by molar-refractivity contribution is 7.84. The number of nitrogens with zero attached hydrogens (tertiary/aromatic N) is 4. The van der Waals surface area contributed by atoms with Crippen LogP contribution >= 0.6 is 0 Å². The molecule has 1 unspecified atom stereocenters. The molecule has 0 saturated carbocycles. The quantitative estimate of drug-likeness (QED) is 0.370. The lowest BCUT2D eigenvalue weighted by molar-refractivity contribution is -0.111. The van der Waals surface area contributed by atoms with E-state index < -0.39 is 10.8 Å². The lowest BCUT2D eigenvalue weighted by Crippen LogP contribution is -2.08. The average molecular weight is 448 g/mol. The number of hydrogen-bond acceptors (Lipinski definition) is 7. The maximum absolute atomic E-state index is 12.2. The van der Waals surface area contributed by atoms with E-state index in [2.05, 4.69) is 37.5 Å². The van der Waals surface area contributed by atoms with Crippen molar-refractivity contribution in [1.29, 1.82) is 0 Å². The predicted molar refractivity (Wildman–Crippen MR) is 127 cm³/mol. The summed E-state index contributed by atoms with van der Waals surface area (Å²) in [4.78, 5) is 25.2. The number of amides is 1. The van der Waals surface area contributed by atoms with Crippen molar-refractivity contribution < 1.29 is 9.00 Å². The Labute approximate surface area is 187 Å². The summed E-state index contributed by atoms with van der Waals surface area (Å²) in [7, 11) is 0.624. The molecular formula is C22H21N7O2S. The fraction of sp³-hybridized carbons (Fsp3) is 0.0909. The van der Waals surface area contributed by atoms with Crippen LogP contribution in [0.5, 0.6) is 0 Å². The molecule has 4 rings (SSSR count). The number of benzene rings is 2. The Bertz CT molecular complexity index is 1350. The summed E-state index contributed by atoms with van der Waals surface area (Å²) < 4.78 is 14.2. The molecule has 2 aromatic carbocycles. The molecule has 1 atom stereocenters. The first-order valence-electron chi connectivity index (χ1n) is 9.62. The molecule has 10 heteroatoms. The van der Waals surface area contributed by atoms with E-state index in [1.165, 1.54) is 12.3 Å². The molecule has 0 saturated heterocycles. The van der Waals surface area contributed by atoms with Crippen LogP contribution in [0.3, 0.4) is 0 Å². The van der Waals surface area contributed by atoms with Gasteiger partial charge in [0.1, 0.15) is 0 Å². The number of aryl methyl sites for hydroxylation is 1. The Morgan fingerprint density at radius 1 is 1.09 bits per heavy atom. The summed E-state index contributed by atoms with van der Waals surface area (Å²) in [6.45, 7) is 3.45. The number of aromatic nitrogens is 4. The summed E-state index contributed by atoms with van der Waals surface area (Å²) in [5.41, 5.74) is 3.90. The second-order valence-electron chi connectivity index (χ2n) is 6.94. The second-order valence-corrected chi connectivity index (χ2v) is 8.29. The van der Waals surface area contributed by atoms with Gasteiger partial charge in [0.15, 0.2) is 5.82 Å². The summed E-state index contributed by atoms with van der Waals surface area (Å²) in [6.07, 6.45) is 6.04. The number of fused-ring (bicyclic) bond motifs is 1. The van der Waals surface area contributed by atoms with Crippen LogP contribution in [0.2, 0.25) is 0 Å². The van der Waals surface area contributed by atoms with Gasteiger partial charge in [0.2, 0.25) is 11.9 Å². The molecule has 0 fully saturated rings. The van der Waals surface area contributed by atoms with Crippen LogP contribution in [0, 0.1) is 0 Å². The molecule has 9 nitrogen and oxygen atoms in total. The lowest BCUT2D eigenvalue weighted by atomic mass is 10.2. The first-order valence-corrected chi connectivity index (χ1v) is 11.2. The van der Waals surface area contributed by atoms with Crippen LogP contribution in [0.15, 0.2) is 72.5 Å². The summed E-state index contributed by atoms with van der Waals surface area (Å²) in [5, 5.41) is 9.04. The highest BCUT2D eigenvalue weighted by atomic mass is 32.2. The van der Waals surface area contributed by atoms with E-state index in [4.69, 9.17) is 0 Å². The van der Waals surface area contributed by atoms with Crippen LogP contribution in [-0.2, 0) is 22.6 Å². The van der Waals surface area contributed by atoms with Gasteiger partial charge in [0, 0.05) is 30.4 Å². The maximum Gasteiger partial charge on any atom is 0.247 e. The van der Waals surface area contributed by atoms with Crippen LogP contribution in [0.25, 0.3) is 11.0 Å². The second kappa shape index (κ2) is 8.98. The Morgan fingerprint density at radius 3 is 2.66 bits per heavy atom. The molecule has 32 heavy (non-hydrogen) atoms. The van der Waals surface area contributed by atoms with E-state index in [1.54, 1.807) is 30.8 Å². The summed E-state index contributed by atoms with van der Waals surface area (Å²) in [6, 6.07) is 12.9. The minimum atomic E-state index is -1.31. The smallest absolute Gasteiger partial charge is 0.247 e. The summed E-state index contributed by atoms with van der Waals surface area (Å²) >= 11 is 0. The van der Waals surface area contributed by atoms with Gasteiger partial charge < -0.3 is 20.5 Å². The van der Waals surface area contributed by atoms with Gasteiger partial charge in [0.25, 0.3) is 0 Å². The molecule has 2 heterocycles. The van der Waals surface area contributed by atoms with Crippen LogP contribution < -0.4 is 16.0 Å². The Hall–Kier alpha value is -4.05. The van der Waals surface area contributed by atoms with Gasteiger partial charge in [-0.1, -0.05) is 12.6 Å². The van der Waals surface area contributed by atoms with Crippen molar-refractivity contribution in [3.05, 3.63) is 67.6 Å². The number of anilines is 5. The van der Waals surface area contributed by atoms with Gasteiger partial charge in [-0.15, -0.1) is 0 Å². The predicted octanol–water partition coefficient (Wildman–Crippen LogP) is 3.71. The number of nitrogens with one attached hydrogen (secondary N) is 3. The normalized spacial score (nSPS) is 11.7. The molecule has 0 spiro atoms. The fourth-order valence-electron chi connectivity index (χ4n) is 3.08. The number of imidazole rings is 1. The van der Waals surface area contributed by atoms with E-state index in [9.17, 15) is 9.00 Å². The Kier molecular flexibility index (Phi) is 5.95. The number of carbonyl (C=O) groups excluding carboxylic acids is 1. The van der Waals surface area contributed by atoms with Gasteiger partial charge in [-0.2, -0.15) is 4.98 Å². The molecule has 0 bridgehead atoms. The largest absolute Gasteiger partial charge is 0.339 e. The van der Waals surface area contributed by atoms with Gasteiger partial charge in [-0.25, -0.2) is 9.97 Å². The van der Waals surface area contributed by atoms with Gasteiger partial charge in [-0.05, 0) is 42.5 Å². The molecule has 1 amide bonds. The van der Waals surface area contributed by atoms with Crippen molar-refractivity contribution in [1.82, 2.24) is 19.5 Å². The van der Waals surface area contributed by atoms with E-state index in [-0.39, 0.29) is 5.91 Å². The van der Waals surface area contributed by atoms with Crippen molar-refractivity contribution in [3.8, 4) is 0 Å². The van der Waals surface area contributed by atoms with E-state index in [0.29, 0.717) is 28.0 Å². The molecule has 3 N–H and O–H groups in total. The molecule has 0 radical (unpaired) electrons. The zero-order valence-electron chi connectivity index (χ0n) is 17.5. The van der Waals surface area contributed by atoms with Crippen molar-refractivity contribution >= 4 is 56.6 Å². The van der Waals surface area contributed by atoms with Crippen LogP contribution in [0.4, 0.5) is 28.8 Å². The minimum absolute atomic E-state index is 0.309. The van der Waals surface area contributed by atoms with E-state index in [0.717, 1.165) is 16.7 Å². The fourth-order valence-corrected chi connectivity index (χ4v) is 3.65. The maximum atomic E-state index is 12.2. The molecule has 162 valence electrons. The summed E-state index contributed by atoms with van der Waals surface area (Å²) in [5.74, 6) is 0.429. The van der Waals surface area contributed by atoms with Crippen LogP contribution in [0.1, 0.15) is 0 Å². The van der Waals surface area contributed by atoms with Gasteiger partial charge in [-0.3, -0.25) is 9.00 Å². The SMILES string of the molecule is C=CC(=O)Nc1cccc(Nc2nc(Nc3ccc4c(c3)ncn4C)ncc2S(C)=O)c1. The third-order valence-electron chi connectivity index (χ3n) is 4.62. The minimum Gasteiger partial charge on any atom is -0.339 e. The number of rotatable bonds is 7. The van der Waals surface area contributed by atoms with Gasteiger partial charge in [0.05, 0.1) is 39.3 Å². The molecular weight excluding hydrogens is 426 g/mol. The van der Waals surface area contributed by atoms with E-state index >= 15 is 0 Å². The topological polar surface area (TPSA) is 114 Å². The molecule has 0 aliphatic rings. The highest BCUT2D eigenvalue weighted by Gasteiger charge is 2.12. The van der Waals surface area contributed by atoms with Crippen molar-refractivity contribution in [3.63, 3.8) is 0 Å². The Morgan fingerprint density at radius 2 is 1.88 bits per heavy atom. The molecule has 2 aromatic heterocycles. The number of hydrogen-bond donors (Lipinski definition) is 3. The third kappa shape index (κ3) is 4.65. The molecule has 0 aliphatic carbocycles. The molecule has 0 aliphatic heterocycles. The third-order valence-corrected chi connectivity index (χ3v) is 5.54. The molecule has 4 aromatic rings. The lowest BCUT2D eigenvalue weighted by Gasteiger charge is -2.13. The van der Waals surface area contributed by atoms with Crippen molar-refractivity contribution in [2.24, 2.45) is 7.05 Å². The number of carbonyl (C=O) groups is 1. The van der Waals surface area contributed by atoms with Crippen molar-refractivity contribution in [2.45, 2.75) is 4.90 Å². The zero-order valence-corrected chi connectivity index (χ0v) is 18.3. The zero-order chi connectivity index (χ0) is 22.7.